The van der Waals surface area contributed by atoms with Crippen molar-refractivity contribution in [1.82, 2.24) is 10.2 Å². The number of benzene rings is 1. The molecule has 0 aliphatic heterocycles. The first-order valence-corrected chi connectivity index (χ1v) is 5.59. The molecule has 0 aliphatic rings. The number of aryl methyl sites for hydroxylation is 1. The van der Waals surface area contributed by atoms with Crippen LogP contribution < -0.4 is 5.56 Å². The maximum Gasteiger partial charge on any atom is 0.291 e. The van der Waals surface area contributed by atoms with E-state index in [4.69, 9.17) is 5.11 Å². The fraction of sp³-hybridized carbons (Fsp3) is 0.250. The number of hydrogen-bond acceptors (Lipinski definition) is 4. The normalized spacial score (nSPS) is 11.2. The Hall–Kier alpha value is -2.21. The molecule has 0 saturated heterocycles. The SMILES string of the molecule is Cc1[nH][nH]c(=O)c1N=Nc1ccc(CCO)cc1. The Morgan fingerprint density at radius 1 is 1.17 bits per heavy atom. The first kappa shape index (κ1) is 12.3. The van der Waals surface area contributed by atoms with Crippen molar-refractivity contribution in [1.29, 1.82) is 0 Å². The van der Waals surface area contributed by atoms with Crippen molar-refractivity contribution in [2.75, 3.05) is 6.61 Å². The molecule has 0 atom stereocenters. The minimum Gasteiger partial charge on any atom is -0.396 e. The number of nitrogens with zero attached hydrogens (tertiary/aromatic N) is 2. The van der Waals surface area contributed by atoms with Crippen molar-refractivity contribution >= 4 is 11.4 Å². The third kappa shape index (κ3) is 2.72. The standard InChI is InChI=1S/C12H14N4O2/c1-8-11(12(18)16-13-8)15-14-10-4-2-9(3-5-10)6-7-17/h2-5,17H,6-7H2,1H3,(H2,13,16,18). The van der Waals surface area contributed by atoms with Crippen LogP contribution in [0.15, 0.2) is 39.3 Å². The lowest BCUT2D eigenvalue weighted by atomic mass is 10.1. The first-order valence-electron chi connectivity index (χ1n) is 5.59. The molecule has 0 spiro atoms. The van der Waals surface area contributed by atoms with E-state index in [1.165, 1.54) is 0 Å². The van der Waals surface area contributed by atoms with Gasteiger partial charge in [-0.3, -0.25) is 9.89 Å². The first-order chi connectivity index (χ1) is 8.70. The largest absolute Gasteiger partial charge is 0.396 e. The summed E-state index contributed by atoms with van der Waals surface area (Å²) in [6.07, 6.45) is 0.619. The monoisotopic (exact) mass is 246 g/mol. The number of aliphatic hydroxyl groups is 1. The number of H-pyrrole nitrogens is 2. The minimum absolute atomic E-state index is 0.124. The zero-order valence-corrected chi connectivity index (χ0v) is 9.97. The van der Waals surface area contributed by atoms with E-state index in [1.807, 2.05) is 12.1 Å². The van der Waals surface area contributed by atoms with Gasteiger partial charge in [0.1, 0.15) is 0 Å². The molecule has 1 aromatic carbocycles. The third-order valence-electron chi connectivity index (χ3n) is 2.54. The van der Waals surface area contributed by atoms with Gasteiger partial charge < -0.3 is 10.2 Å². The molecule has 0 saturated carbocycles. The molecule has 0 aliphatic carbocycles. The van der Waals surface area contributed by atoms with E-state index in [-0.39, 0.29) is 17.9 Å². The van der Waals surface area contributed by atoms with E-state index in [9.17, 15) is 4.79 Å². The van der Waals surface area contributed by atoms with Gasteiger partial charge in [-0.25, -0.2) is 0 Å². The van der Waals surface area contributed by atoms with Crippen LogP contribution in [0.4, 0.5) is 11.4 Å². The Bertz CT molecular complexity index is 595. The number of aromatic nitrogens is 2. The number of hydrogen-bond donors (Lipinski definition) is 3. The highest BCUT2D eigenvalue weighted by molar-refractivity contribution is 5.41. The van der Waals surface area contributed by atoms with Crippen LogP contribution in [0, 0.1) is 6.92 Å². The lowest BCUT2D eigenvalue weighted by molar-refractivity contribution is 0.299. The van der Waals surface area contributed by atoms with Gasteiger partial charge in [0.05, 0.1) is 11.4 Å². The molecule has 6 heteroatoms. The molecule has 0 unspecified atom stereocenters. The van der Waals surface area contributed by atoms with Crippen LogP contribution >= 0.6 is 0 Å². The molecular weight excluding hydrogens is 232 g/mol. The molecule has 0 radical (unpaired) electrons. The van der Waals surface area contributed by atoms with Crippen molar-refractivity contribution in [2.24, 2.45) is 10.2 Å². The Morgan fingerprint density at radius 3 is 2.44 bits per heavy atom. The van der Waals surface area contributed by atoms with Gasteiger partial charge in [0.2, 0.25) is 0 Å². The quantitative estimate of drug-likeness (QED) is 0.719. The van der Waals surface area contributed by atoms with Gasteiger partial charge in [0.25, 0.3) is 5.56 Å². The van der Waals surface area contributed by atoms with Gasteiger partial charge in [-0.05, 0) is 31.0 Å². The van der Waals surface area contributed by atoms with Crippen molar-refractivity contribution in [3.63, 3.8) is 0 Å². The molecule has 1 aromatic heterocycles. The second-order valence-electron chi connectivity index (χ2n) is 3.89. The number of azo groups is 1. The predicted molar refractivity (Wildman–Crippen MR) is 67.6 cm³/mol. The number of nitrogens with one attached hydrogen (secondary N) is 2. The predicted octanol–water partition coefficient (Wildman–Crippen LogP) is 1.96. The Kier molecular flexibility index (Phi) is 3.69. The minimum atomic E-state index is -0.284. The Balaban J connectivity index is 2.16. The third-order valence-corrected chi connectivity index (χ3v) is 2.54. The van der Waals surface area contributed by atoms with Crippen LogP contribution in [0.3, 0.4) is 0 Å². The molecule has 1 heterocycles. The molecule has 3 N–H and O–H groups in total. The zero-order chi connectivity index (χ0) is 13.0. The highest BCUT2D eigenvalue weighted by Crippen LogP contribution is 2.17. The summed E-state index contributed by atoms with van der Waals surface area (Å²) >= 11 is 0. The van der Waals surface area contributed by atoms with Gasteiger partial charge in [0.15, 0.2) is 5.69 Å². The Labute approximate surface area is 103 Å². The van der Waals surface area contributed by atoms with Crippen LogP contribution in [-0.4, -0.2) is 21.9 Å². The maximum atomic E-state index is 11.3. The second kappa shape index (κ2) is 5.42. The highest BCUT2D eigenvalue weighted by atomic mass is 16.2. The van der Waals surface area contributed by atoms with Crippen molar-refractivity contribution < 1.29 is 5.11 Å². The number of rotatable bonds is 4. The molecule has 6 nitrogen and oxygen atoms in total. The fourth-order valence-electron chi connectivity index (χ4n) is 1.53. The average Bonchev–Trinajstić information content (AvgIpc) is 2.69. The lowest BCUT2D eigenvalue weighted by Crippen LogP contribution is -1.96. The smallest absolute Gasteiger partial charge is 0.291 e. The summed E-state index contributed by atoms with van der Waals surface area (Å²) in [6.45, 7) is 1.87. The number of aromatic amines is 2. The van der Waals surface area contributed by atoms with E-state index in [0.717, 1.165) is 5.56 Å². The van der Waals surface area contributed by atoms with E-state index in [0.29, 0.717) is 17.8 Å². The van der Waals surface area contributed by atoms with E-state index >= 15 is 0 Å². The Morgan fingerprint density at radius 2 is 1.89 bits per heavy atom. The summed E-state index contributed by atoms with van der Waals surface area (Å²) in [4.78, 5) is 11.3. The van der Waals surface area contributed by atoms with Crippen molar-refractivity contribution in [2.45, 2.75) is 13.3 Å². The van der Waals surface area contributed by atoms with Gasteiger partial charge in [0, 0.05) is 6.61 Å². The molecular formula is C12H14N4O2. The molecule has 0 bridgehead atoms. The molecule has 0 fully saturated rings. The molecule has 0 amide bonds. The van der Waals surface area contributed by atoms with E-state index in [2.05, 4.69) is 20.4 Å². The average molecular weight is 246 g/mol. The van der Waals surface area contributed by atoms with Crippen LogP contribution in [0.2, 0.25) is 0 Å². The molecule has 94 valence electrons. The van der Waals surface area contributed by atoms with Crippen LogP contribution in [0.25, 0.3) is 0 Å². The van der Waals surface area contributed by atoms with Gasteiger partial charge in [-0.2, -0.15) is 5.11 Å². The summed E-state index contributed by atoms with van der Waals surface area (Å²) in [5.74, 6) is 0. The van der Waals surface area contributed by atoms with Gasteiger partial charge in [-0.15, -0.1) is 5.11 Å². The number of aliphatic hydroxyl groups excluding tert-OH is 1. The maximum absolute atomic E-state index is 11.3. The van der Waals surface area contributed by atoms with Crippen LogP contribution in [0.1, 0.15) is 11.3 Å². The summed E-state index contributed by atoms with van der Waals surface area (Å²) in [5, 5.41) is 21.8. The van der Waals surface area contributed by atoms with E-state index < -0.39 is 0 Å². The topological polar surface area (TPSA) is 93.6 Å². The zero-order valence-electron chi connectivity index (χ0n) is 9.97. The summed E-state index contributed by atoms with van der Waals surface area (Å²) < 4.78 is 0. The molecule has 2 aromatic rings. The van der Waals surface area contributed by atoms with E-state index in [1.54, 1.807) is 19.1 Å². The highest BCUT2D eigenvalue weighted by Gasteiger charge is 2.03. The fourth-order valence-corrected chi connectivity index (χ4v) is 1.53. The van der Waals surface area contributed by atoms with Crippen LogP contribution in [0.5, 0.6) is 0 Å². The van der Waals surface area contributed by atoms with Crippen molar-refractivity contribution in [3.8, 4) is 0 Å². The molecule has 18 heavy (non-hydrogen) atoms. The summed E-state index contributed by atoms with van der Waals surface area (Å²) in [6, 6.07) is 7.34. The summed E-state index contributed by atoms with van der Waals surface area (Å²) in [7, 11) is 0. The summed E-state index contributed by atoms with van der Waals surface area (Å²) in [5.41, 5.74) is 2.35. The van der Waals surface area contributed by atoms with Crippen LogP contribution in [-0.2, 0) is 6.42 Å². The molecule has 2 rings (SSSR count). The van der Waals surface area contributed by atoms with Crippen molar-refractivity contribution in [3.05, 3.63) is 45.9 Å². The second-order valence-corrected chi connectivity index (χ2v) is 3.89. The van der Waals surface area contributed by atoms with Gasteiger partial charge in [-0.1, -0.05) is 12.1 Å². The van der Waals surface area contributed by atoms with Gasteiger partial charge >= 0.3 is 0 Å². The lowest BCUT2D eigenvalue weighted by Gasteiger charge is -1.97.